The molecule has 1 N–H and O–H groups in total. The van der Waals surface area contributed by atoms with Crippen molar-refractivity contribution in [1.82, 2.24) is 10.2 Å². The Bertz CT molecular complexity index is 167. The molecule has 0 spiro atoms. The molecule has 0 saturated carbocycles. The number of hydrogen-bond acceptors (Lipinski definition) is 3. The van der Waals surface area contributed by atoms with Gasteiger partial charge in [0.1, 0.15) is 0 Å². The normalized spacial score (nSPS) is 21.2. The summed E-state index contributed by atoms with van der Waals surface area (Å²) in [6, 6.07) is 0.711. The van der Waals surface area contributed by atoms with Crippen LogP contribution in [0.5, 0.6) is 0 Å². The Morgan fingerprint density at radius 3 is 2.44 bits per heavy atom. The first-order valence-corrected chi connectivity index (χ1v) is 6.88. The lowest BCUT2D eigenvalue weighted by molar-refractivity contribution is 0.00363. The van der Waals surface area contributed by atoms with Crippen LogP contribution in [0.4, 0.5) is 0 Å². The number of rotatable bonds is 7. The third kappa shape index (κ3) is 4.40. The third-order valence-corrected chi connectivity index (χ3v) is 3.50. The molecule has 3 heteroatoms. The first-order valence-electron chi connectivity index (χ1n) is 6.88. The average molecular weight is 228 g/mol. The third-order valence-electron chi connectivity index (χ3n) is 3.50. The lowest BCUT2D eigenvalue weighted by Crippen LogP contribution is -2.47. The van der Waals surface area contributed by atoms with Crippen molar-refractivity contribution in [2.24, 2.45) is 0 Å². The molecule has 1 fully saturated rings. The van der Waals surface area contributed by atoms with E-state index in [9.17, 15) is 0 Å². The number of piperidine rings is 1. The number of nitrogens with zero attached hydrogens (tertiary/aromatic N) is 1. The second-order valence-electron chi connectivity index (χ2n) is 4.56. The van der Waals surface area contributed by atoms with Gasteiger partial charge in [0, 0.05) is 32.3 Å². The zero-order valence-corrected chi connectivity index (χ0v) is 11.2. The summed E-state index contributed by atoms with van der Waals surface area (Å²) in [5.74, 6) is 0. The van der Waals surface area contributed by atoms with Gasteiger partial charge in [-0.1, -0.05) is 13.8 Å². The van der Waals surface area contributed by atoms with Gasteiger partial charge in [-0.2, -0.15) is 0 Å². The summed E-state index contributed by atoms with van der Waals surface area (Å²) in [7, 11) is 0. The topological polar surface area (TPSA) is 24.5 Å². The van der Waals surface area contributed by atoms with Crippen LogP contribution in [0.25, 0.3) is 0 Å². The van der Waals surface area contributed by atoms with Gasteiger partial charge in [0.2, 0.25) is 0 Å². The largest absolute Gasteiger partial charge is 0.378 e. The van der Waals surface area contributed by atoms with Crippen molar-refractivity contribution in [2.75, 3.05) is 32.8 Å². The highest BCUT2D eigenvalue weighted by molar-refractivity contribution is 4.79. The number of hydrogen-bond donors (Lipinski definition) is 1. The van der Waals surface area contributed by atoms with E-state index in [1.807, 2.05) is 0 Å². The van der Waals surface area contributed by atoms with Gasteiger partial charge in [-0.25, -0.2) is 0 Å². The fourth-order valence-corrected chi connectivity index (χ4v) is 2.49. The summed E-state index contributed by atoms with van der Waals surface area (Å²) >= 11 is 0. The van der Waals surface area contributed by atoms with Gasteiger partial charge in [0.25, 0.3) is 0 Å². The van der Waals surface area contributed by atoms with Crippen LogP contribution in [0.2, 0.25) is 0 Å². The van der Waals surface area contributed by atoms with Crippen molar-refractivity contribution >= 4 is 0 Å². The van der Waals surface area contributed by atoms with Crippen molar-refractivity contribution in [3.63, 3.8) is 0 Å². The van der Waals surface area contributed by atoms with Gasteiger partial charge in [-0.15, -0.1) is 0 Å². The molecule has 0 aromatic carbocycles. The highest BCUT2D eigenvalue weighted by Gasteiger charge is 2.23. The summed E-state index contributed by atoms with van der Waals surface area (Å²) in [5.41, 5.74) is 0. The lowest BCUT2D eigenvalue weighted by atomic mass is 10.0. The summed E-state index contributed by atoms with van der Waals surface area (Å²) < 4.78 is 5.68. The predicted octanol–water partition coefficient (Wildman–Crippen LogP) is 1.88. The molecule has 0 aliphatic carbocycles. The molecular weight excluding hydrogens is 200 g/mol. The van der Waals surface area contributed by atoms with Crippen LogP contribution in [0.15, 0.2) is 0 Å². The van der Waals surface area contributed by atoms with Gasteiger partial charge >= 0.3 is 0 Å². The van der Waals surface area contributed by atoms with Crippen LogP contribution in [-0.2, 0) is 4.74 Å². The van der Waals surface area contributed by atoms with Crippen LogP contribution in [0, 0.1) is 0 Å². The Morgan fingerprint density at radius 1 is 1.25 bits per heavy atom. The molecule has 1 atom stereocenters. The Hall–Kier alpha value is -0.120. The van der Waals surface area contributed by atoms with Crippen molar-refractivity contribution in [2.45, 2.75) is 52.2 Å². The highest BCUT2D eigenvalue weighted by atomic mass is 16.5. The van der Waals surface area contributed by atoms with Crippen LogP contribution in [0.1, 0.15) is 40.0 Å². The molecule has 1 heterocycles. The lowest BCUT2D eigenvalue weighted by Gasteiger charge is -2.37. The standard InChI is InChI=1S/C13H28N2O/c1-4-12(11-14-5-2)15-9-7-13(8-10-15)16-6-3/h12-14H,4-11H2,1-3H3. The predicted molar refractivity (Wildman–Crippen MR) is 68.8 cm³/mol. The van der Waals surface area contributed by atoms with E-state index in [2.05, 4.69) is 31.0 Å². The second kappa shape index (κ2) is 8.04. The van der Waals surface area contributed by atoms with E-state index in [1.54, 1.807) is 0 Å². The van der Waals surface area contributed by atoms with E-state index in [4.69, 9.17) is 4.74 Å². The molecule has 1 saturated heterocycles. The molecule has 0 aromatic heterocycles. The minimum absolute atomic E-state index is 0.512. The fraction of sp³-hybridized carbons (Fsp3) is 1.00. The first kappa shape index (κ1) is 13.9. The van der Waals surface area contributed by atoms with Gasteiger partial charge in [0.15, 0.2) is 0 Å². The van der Waals surface area contributed by atoms with E-state index in [1.165, 1.54) is 32.4 Å². The number of likely N-dealkylation sites (tertiary alicyclic amines) is 1. The summed E-state index contributed by atoms with van der Waals surface area (Å²) in [6.07, 6.45) is 4.16. The minimum Gasteiger partial charge on any atom is -0.378 e. The molecule has 0 amide bonds. The van der Waals surface area contributed by atoms with Crippen molar-refractivity contribution in [3.05, 3.63) is 0 Å². The monoisotopic (exact) mass is 228 g/mol. The molecular formula is C13H28N2O. The molecule has 1 aliphatic heterocycles. The first-order chi connectivity index (χ1) is 7.81. The van der Waals surface area contributed by atoms with E-state index < -0.39 is 0 Å². The molecule has 3 nitrogen and oxygen atoms in total. The van der Waals surface area contributed by atoms with Crippen molar-refractivity contribution in [1.29, 1.82) is 0 Å². The average Bonchev–Trinajstić information content (AvgIpc) is 2.32. The van der Waals surface area contributed by atoms with E-state index >= 15 is 0 Å². The van der Waals surface area contributed by atoms with Crippen LogP contribution < -0.4 is 5.32 Å². The van der Waals surface area contributed by atoms with Gasteiger partial charge < -0.3 is 10.1 Å². The summed E-state index contributed by atoms with van der Waals surface area (Å²) in [5, 5.41) is 3.46. The number of nitrogens with one attached hydrogen (secondary N) is 1. The molecule has 1 unspecified atom stereocenters. The number of ether oxygens (including phenoxy) is 1. The van der Waals surface area contributed by atoms with Crippen LogP contribution in [0.3, 0.4) is 0 Å². The van der Waals surface area contributed by atoms with E-state index in [0.29, 0.717) is 12.1 Å². The second-order valence-corrected chi connectivity index (χ2v) is 4.56. The highest BCUT2D eigenvalue weighted by Crippen LogP contribution is 2.17. The summed E-state index contributed by atoms with van der Waals surface area (Å²) in [6.45, 7) is 12.0. The SMILES string of the molecule is CCNCC(CC)N1CCC(OCC)CC1. The maximum absolute atomic E-state index is 5.68. The van der Waals surface area contributed by atoms with Gasteiger partial charge in [0.05, 0.1) is 6.10 Å². The molecule has 1 aliphatic rings. The Kier molecular flexibility index (Phi) is 7.01. The maximum Gasteiger partial charge on any atom is 0.0599 e. The summed E-state index contributed by atoms with van der Waals surface area (Å²) in [4.78, 5) is 2.62. The van der Waals surface area contributed by atoms with Crippen LogP contribution >= 0.6 is 0 Å². The van der Waals surface area contributed by atoms with Crippen molar-refractivity contribution in [3.8, 4) is 0 Å². The minimum atomic E-state index is 0.512. The molecule has 0 aromatic rings. The van der Waals surface area contributed by atoms with E-state index in [-0.39, 0.29) is 0 Å². The quantitative estimate of drug-likeness (QED) is 0.720. The molecule has 1 rings (SSSR count). The van der Waals surface area contributed by atoms with Crippen molar-refractivity contribution < 1.29 is 4.74 Å². The number of likely N-dealkylation sites (N-methyl/N-ethyl adjacent to an activating group) is 1. The Labute approximate surface area is 101 Å². The smallest absolute Gasteiger partial charge is 0.0599 e. The van der Waals surface area contributed by atoms with Crippen LogP contribution in [-0.4, -0.2) is 49.8 Å². The Morgan fingerprint density at radius 2 is 1.94 bits per heavy atom. The molecule has 0 bridgehead atoms. The zero-order chi connectivity index (χ0) is 11.8. The fourth-order valence-electron chi connectivity index (χ4n) is 2.49. The zero-order valence-electron chi connectivity index (χ0n) is 11.2. The maximum atomic E-state index is 5.68. The van der Waals surface area contributed by atoms with Gasteiger partial charge in [-0.3, -0.25) is 4.90 Å². The van der Waals surface area contributed by atoms with Gasteiger partial charge in [-0.05, 0) is 32.7 Å². The molecule has 96 valence electrons. The molecule has 0 radical (unpaired) electrons. The molecule has 16 heavy (non-hydrogen) atoms. The Balaban J connectivity index is 2.27. The van der Waals surface area contributed by atoms with E-state index in [0.717, 1.165) is 19.7 Å².